The summed E-state index contributed by atoms with van der Waals surface area (Å²) in [7, 11) is 3.46. The molecule has 1 aromatic carbocycles. The van der Waals surface area contributed by atoms with E-state index in [1.165, 1.54) is 0 Å². The van der Waals surface area contributed by atoms with Crippen molar-refractivity contribution in [2.24, 2.45) is 12.5 Å². The molecule has 3 unspecified atom stereocenters. The number of hydrogen-bond donors (Lipinski definition) is 2. The average molecular weight is 474 g/mol. The second-order valence-corrected chi connectivity index (χ2v) is 10.6. The minimum absolute atomic E-state index is 0.106. The van der Waals surface area contributed by atoms with E-state index in [0.717, 1.165) is 29.3 Å². The fourth-order valence-electron chi connectivity index (χ4n) is 4.01. The highest BCUT2D eigenvalue weighted by molar-refractivity contribution is 5.86. The number of likely N-dealkylation sites (tertiary alicyclic amines) is 1. The molecule has 8 nitrogen and oxygen atoms in total. The second-order valence-electron chi connectivity index (χ2n) is 10.6. The third-order valence-corrected chi connectivity index (χ3v) is 6.51. The molecule has 190 valence electrons. The van der Waals surface area contributed by atoms with Gasteiger partial charge in [-0.15, -0.1) is 5.10 Å². The standard InChI is InChI=1S/C17H22N4O3.C9H21N/c1-11(18-16(23)15-5-4-8-21(15)10-22)12-6-7-14-13(9-12)17(24-3)19-20(14)2;1-7(2)10-8(3)9(4,5)6/h6-7,9-11,15H,4-5,8H2,1-3H3,(H,18,23);7-8,10H,1-6H3. The van der Waals surface area contributed by atoms with Crippen molar-refractivity contribution in [2.75, 3.05) is 13.7 Å². The molecule has 2 heterocycles. The van der Waals surface area contributed by atoms with Crippen LogP contribution in [0.4, 0.5) is 0 Å². The topological polar surface area (TPSA) is 88.5 Å². The zero-order valence-electron chi connectivity index (χ0n) is 22.3. The predicted octanol–water partition coefficient (Wildman–Crippen LogP) is 3.80. The van der Waals surface area contributed by atoms with Crippen LogP contribution >= 0.6 is 0 Å². The van der Waals surface area contributed by atoms with E-state index in [1.54, 1.807) is 16.7 Å². The van der Waals surface area contributed by atoms with Crippen molar-refractivity contribution < 1.29 is 14.3 Å². The molecule has 1 aliphatic heterocycles. The fraction of sp³-hybridized carbons (Fsp3) is 0.654. The molecule has 3 rings (SSSR count). The Morgan fingerprint density at radius 1 is 1.24 bits per heavy atom. The zero-order valence-corrected chi connectivity index (χ0v) is 22.3. The van der Waals surface area contributed by atoms with Crippen molar-refractivity contribution in [1.29, 1.82) is 0 Å². The molecule has 1 fully saturated rings. The summed E-state index contributed by atoms with van der Waals surface area (Å²) in [6, 6.07) is 6.58. The van der Waals surface area contributed by atoms with Gasteiger partial charge in [0, 0.05) is 25.7 Å². The number of amides is 2. The Hall–Kier alpha value is -2.61. The SMILES string of the molecule is CC(C)NC(C)C(C)(C)C.COc1nn(C)c2ccc(C(C)NC(=O)C3CCCN3C=O)cc12. The van der Waals surface area contributed by atoms with Crippen LogP contribution in [-0.4, -0.2) is 58.8 Å². The first kappa shape index (κ1) is 27.6. The minimum atomic E-state index is -0.360. The summed E-state index contributed by atoms with van der Waals surface area (Å²) in [6.45, 7) is 16.0. The van der Waals surface area contributed by atoms with Crippen LogP contribution < -0.4 is 15.4 Å². The average Bonchev–Trinajstić information content (AvgIpc) is 3.37. The number of aromatic nitrogens is 2. The van der Waals surface area contributed by atoms with E-state index in [1.807, 2.05) is 32.2 Å². The first-order chi connectivity index (χ1) is 15.9. The molecule has 0 bridgehead atoms. The van der Waals surface area contributed by atoms with Crippen molar-refractivity contribution in [3.63, 3.8) is 0 Å². The molecule has 0 aliphatic carbocycles. The van der Waals surface area contributed by atoms with Gasteiger partial charge < -0.3 is 20.3 Å². The van der Waals surface area contributed by atoms with Gasteiger partial charge in [0.25, 0.3) is 0 Å². The van der Waals surface area contributed by atoms with Crippen LogP contribution in [0.3, 0.4) is 0 Å². The van der Waals surface area contributed by atoms with Gasteiger partial charge >= 0.3 is 0 Å². The van der Waals surface area contributed by atoms with Gasteiger partial charge in [-0.05, 0) is 49.8 Å². The fourth-order valence-corrected chi connectivity index (χ4v) is 4.01. The maximum atomic E-state index is 12.4. The van der Waals surface area contributed by atoms with E-state index in [-0.39, 0.29) is 18.0 Å². The largest absolute Gasteiger partial charge is 0.479 e. The maximum absolute atomic E-state index is 12.4. The molecule has 1 aliphatic rings. The van der Waals surface area contributed by atoms with Crippen LogP contribution in [0.1, 0.15) is 72.9 Å². The Kier molecular flexibility index (Phi) is 9.50. The van der Waals surface area contributed by atoms with Gasteiger partial charge in [-0.1, -0.05) is 40.7 Å². The molecule has 2 amide bonds. The molecule has 34 heavy (non-hydrogen) atoms. The third kappa shape index (κ3) is 6.95. The normalized spacial score (nSPS) is 17.8. The summed E-state index contributed by atoms with van der Waals surface area (Å²) in [6.07, 6.45) is 2.34. The molecule has 1 saturated heterocycles. The Labute approximate surface area is 204 Å². The summed E-state index contributed by atoms with van der Waals surface area (Å²) in [5.74, 6) is 0.459. The Morgan fingerprint density at radius 2 is 1.91 bits per heavy atom. The smallest absolute Gasteiger partial charge is 0.243 e. The highest BCUT2D eigenvalue weighted by atomic mass is 16.5. The number of fused-ring (bicyclic) bond motifs is 1. The number of carbonyl (C=O) groups is 2. The number of nitrogens with zero attached hydrogens (tertiary/aromatic N) is 3. The number of nitrogens with one attached hydrogen (secondary N) is 2. The highest BCUT2D eigenvalue weighted by Crippen LogP contribution is 2.27. The first-order valence-electron chi connectivity index (χ1n) is 12.2. The second kappa shape index (κ2) is 11.7. The number of benzene rings is 1. The maximum Gasteiger partial charge on any atom is 0.243 e. The van der Waals surface area contributed by atoms with Gasteiger partial charge in [-0.3, -0.25) is 14.3 Å². The van der Waals surface area contributed by atoms with Gasteiger partial charge in [-0.2, -0.15) is 0 Å². The number of methoxy groups -OCH3 is 1. The van der Waals surface area contributed by atoms with E-state index in [2.05, 4.69) is 57.3 Å². The van der Waals surface area contributed by atoms with Crippen LogP contribution in [0, 0.1) is 5.41 Å². The molecule has 8 heteroatoms. The molecule has 1 aromatic heterocycles. The lowest BCUT2D eigenvalue weighted by atomic mass is 9.88. The van der Waals surface area contributed by atoms with E-state index in [9.17, 15) is 9.59 Å². The first-order valence-corrected chi connectivity index (χ1v) is 12.2. The lowest BCUT2D eigenvalue weighted by Gasteiger charge is -2.29. The van der Waals surface area contributed by atoms with Gasteiger partial charge in [-0.25, -0.2) is 0 Å². The Morgan fingerprint density at radius 3 is 2.44 bits per heavy atom. The molecule has 0 spiro atoms. The summed E-state index contributed by atoms with van der Waals surface area (Å²) in [4.78, 5) is 25.0. The van der Waals surface area contributed by atoms with Crippen LogP contribution in [0.15, 0.2) is 18.2 Å². The third-order valence-electron chi connectivity index (χ3n) is 6.51. The molecule has 2 aromatic rings. The summed E-state index contributed by atoms with van der Waals surface area (Å²) in [5.41, 5.74) is 2.32. The Balaban J connectivity index is 0.000000347. The predicted molar refractivity (Wildman–Crippen MR) is 137 cm³/mol. The van der Waals surface area contributed by atoms with Crippen molar-refractivity contribution in [1.82, 2.24) is 25.3 Å². The Bertz CT molecular complexity index is 963. The molecule has 3 atom stereocenters. The van der Waals surface area contributed by atoms with Gasteiger partial charge in [0.1, 0.15) is 6.04 Å². The van der Waals surface area contributed by atoms with Crippen LogP contribution in [0.5, 0.6) is 5.88 Å². The number of rotatable bonds is 7. The van der Waals surface area contributed by atoms with E-state index >= 15 is 0 Å². The molecule has 0 saturated carbocycles. The molecular weight excluding hydrogens is 430 g/mol. The molecule has 0 radical (unpaired) electrons. The lowest BCUT2D eigenvalue weighted by Crippen LogP contribution is -2.43. The summed E-state index contributed by atoms with van der Waals surface area (Å²) >= 11 is 0. The van der Waals surface area contributed by atoms with Gasteiger partial charge in [0.05, 0.1) is 24.1 Å². The van der Waals surface area contributed by atoms with Crippen molar-refractivity contribution in [3.8, 4) is 5.88 Å². The number of ether oxygens (including phenoxy) is 1. The number of aryl methyl sites for hydroxylation is 1. The van der Waals surface area contributed by atoms with Crippen LogP contribution in [0.25, 0.3) is 10.9 Å². The van der Waals surface area contributed by atoms with Crippen LogP contribution in [-0.2, 0) is 16.6 Å². The summed E-state index contributed by atoms with van der Waals surface area (Å²) in [5, 5.41) is 11.7. The van der Waals surface area contributed by atoms with Crippen molar-refractivity contribution in [2.45, 2.75) is 85.5 Å². The monoisotopic (exact) mass is 473 g/mol. The molecular formula is C26H43N5O3. The van der Waals surface area contributed by atoms with E-state index in [0.29, 0.717) is 36.3 Å². The summed E-state index contributed by atoms with van der Waals surface area (Å²) < 4.78 is 7.07. The zero-order chi connectivity index (χ0) is 25.6. The van der Waals surface area contributed by atoms with Crippen molar-refractivity contribution >= 4 is 23.2 Å². The highest BCUT2D eigenvalue weighted by Gasteiger charge is 2.30. The van der Waals surface area contributed by atoms with Gasteiger partial charge in [0.2, 0.25) is 18.2 Å². The minimum Gasteiger partial charge on any atom is -0.479 e. The number of hydrogen-bond acceptors (Lipinski definition) is 5. The lowest BCUT2D eigenvalue weighted by molar-refractivity contribution is -0.131. The number of carbonyl (C=O) groups excluding carboxylic acids is 2. The van der Waals surface area contributed by atoms with Gasteiger partial charge in [0.15, 0.2) is 0 Å². The van der Waals surface area contributed by atoms with Crippen molar-refractivity contribution in [3.05, 3.63) is 23.8 Å². The van der Waals surface area contributed by atoms with E-state index in [4.69, 9.17) is 4.74 Å². The quantitative estimate of drug-likeness (QED) is 0.597. The molecule has 2 N–H and O–H groups in total. The van der Waals surface area contributed by atoms with E-state index < -0.39 is 0 Å². The van der Waals surface area contributed by atoms with Crippen LogP contribution in [0.2, 0.25) is 0 Å².